The summed E-state index contributed by atoms with van der Waals surface area (Å²) < 4.78 is 0. The van der Waals surface area contributed by atoms with Crippen molar-refractivity contribution in [2.75, 3.05) is 20.1 Å². The number of hydrogen-bond donors (Lipinski definition) is 2. The van der Waals surface area contributed by atoms with Crippen LogP contribution in [0, 0.1) is 11.8 Å². The summed E-state index contributed by atoms with van der Waals surface area (Å²) in [6.45, 7) is 17.3. The van der Waals surface area contributed by atoms with Crippen molar-refractivity contribution < 1.29 is 0 Å². The number of hydrogen-bond acceptors (Lipinski definition) is 2. The Hall–Kier alpha value is -1.61. The Bertz CT molecular complexity index is 586. The Labute approximate surface area is 147 Å². The average Bonchev–Trinajstić information content (AvgIpc) is 3.27. The van der Waals surface area contributed by atoms with Crippen LogP contribution in [0.2, 0.25) is 0 Å². The second-order valence-electron chi connectivity index (χ2n) is 7.43. The van der Waals surface area contributed by atoms with Crippen LogP contribution in [0.15, 0.2) is 52.2 Å². The number of rotatable bonds is 9. The van der Waals surface area contributed by atoms with Crippen molar-refractivity contribution in [2.24, 2.45) is 16.8 Å². The first-order valence-corrected chi connectivity index (χ1v) is 9.18. The molecule has 1 fully saturated rings. The van der Waals surface area contributed by atoms with Gasteiger partial charge in [-0.25, -0.2) is 0 Å². The number of amidine groups is 1. The largest absolute Gasteiger partial charge is 0.346 e. The minimum absolute atomic E-state index is 0.682. The lowest BCUT2D eigenvalue weighted by Crippen LogP contribution is -2.21. The SMILES string of the molecule is C=C(C)/C(C(=C)CCCNCC(C)C)=C1/C(C2CC2)=CNC1=NC. The zero-order valence-electron chi connectivity index (χ0n) is 15.8. The summed E-state index contributed by atoms with van der Waals surface area (Å²) in [5.74, 6) is 2.34. The Morgan fingerprint density at radius 1 is 1.38 bits per heavy atom. The Kier molecular flexibility index (Phi) is 6.61. The first-order chi connectivity index (χ1) is 11.5. The summed E-state index contributed by atoms with van der Waals surface area (Å²) in [7, 11) is 1.85. The molecule has 0 spiro atoms. The van der Waals surface area contributed by atoms with E-state index >= 15 is 0 Å². The number of allylic oxidation sites excluding steroid dienone is 3. The van der Waals surface area contributed by atoms with E-state index in [1.807, 2.05) is 7.05 Å². The van der Waals surface area contributed by atoms with Crippen LogP contribution in [0.1, 0.15) is 46.5 Å². The monoisotopic (exact) mass is 327 g/mol. The van der Waals surface area contributed by atoms with Crippen LogP contribution in [-0.2, 0) is 0 Å². The fourth-order valence-corrected chi connectivity index (χ4v) is 3.22. The smallest absolute Gasteiger partial charge is 0.132 e. The Morgan fingerprint density at radius 2 is 2.08 bits per heavy atom. The molecule has 0 aromatic carbocycles. The molecular formula is C21H33N3. The van der Waals surface area contributed by atoms with E-state index in [2.05, 4.69) is 55.8 Å². The highest BCUT2D eigenvalue weighted by Gasteiger charge is 2.34. The number of nitrogens with zero attached hydrogens (tertiary/aromatic N) is 1. The lowest BCUT2D eigenvalue weighted by atomic mass is 9.88. The van der Waals surface area contributed by atoms with Crippen molar-refractivity contribution in [1.82, 2.24) is 10.6 Å². The summed E-state index contributed by atoms with van der Waals surface area (Å²) >= 11 is 0. The van der Waals surface area contributed by atoms with Gasteiger partial charge in [0.25, 0.3) is 0 Å². The van der Waals surface area contributed by atoms with Crippen molar-refractivity contribution in [3.05, 3.63) is 47.2 Å². The van der Waals surface area contributed by atoms with Crippen LogP contribution in [0.25, 0.3) is 0 Å². The van der Waals surface area contributed by atoms with Crippen molar-refractivity contribution in [3.63, 3.8) is 0 Å². The van der Waals surface area contributed by atoms with Crippen LogP contribution in [0.3, 0.4) is 0 Å². The maximum Gasteiger partial charge on any atom is 0.132 e. The van der Waals surface area contributed by atoms with Gasteiger partial charge in [0.1, 0.15) is 5.84 Å². The molecule has 1 aliphatic heterocycles. The summed E-state index contributed by atoms with van der Waals surface area (Å²) in [5.41, 5.74) is 6.12. The second kappa shape index (κ2) is 8.48. The molecule has 0 aromatic heterocycles. The van der Waals surface area contributed by atoms with Gasteiger partial charge in [0.05, 0.1) is 0 Å². The molecular weight excluding hydrogens is 294 g/mol. The van der Waals surface area contributed by atoms with Gasteiger partial charge in [-0.1, -0.05) is 32.6 Å². The molecule has 2 aliphatic rings. The summed E-state index contributed by atoms with van der Waals surface area (Å²) in [6, 6.07) is 0. The van der Waals surface area contributed by atoms with E-state index in [0.717, 1.165) is 37.3 Å². The van der Waals surface area contributed by atoms with Gasteiger partial charge >= 0.3 is 0 Å². The zero-order chi connectivity index (χ0) is 17.7. The fourth-order valence-electron chi connectivity index (χ4n) is 3.22. The molecule has 1 saturated carbocycles. The summed E-state index contributed by atoms with van der Waals surface area (Å²) in [5, 5.41) is 6.85. The van der Waals surface area contributed by atoms with Gasteiger partial charge in [-0.2, -0.15) is 0 Å². The van der Waals surface area contributed by atoms with Crippen LogP contribution >= 0.6 is 0 Å². The van der Waals surface area contributed by atoms with Crippen molar-refractivity contribution >= 4 is 5.84 Å². The van der Waals surface area contributed by atoms with Gasteiger partial charge in [-0.3, -0.25) is 4.99 Å². The van der Waals surface area contributed by atoms with Crippen LogP contribution in [0.4, 0.5) is 0 Å². The zero-order valence-corrected chi connectivity index (χ0v) is 15.8. The van der Waals surface area contributed by atoms with Crippen LogP contribution in [0.5, 0.6) is 0 Å². The molecule has 0 bridgehead atoms. The van der Waals surface area contributed by atoms with Crippen molar-refractivity contribution in [1.29, 1.82) is 0 Å². The average molecular weight is 328 g/mol. The molecule has 24 heavy (non-hydrogen) atoms. The van der Waals surface area contributed by atoms with Crippen molar-refractivity contribution in [2.45, 2.75) is 46.5 Å². The Balaban J connectivity index is 2.10. The third-order valence-corrected chi connectivity index (χ3v) is 4.55. The van der Waals surface area contributed by atoms with E-state index in [1.54, 1.807) is 0 Å². The summed E-state index contributed by atoms with van der Waals surface area (Å²) in [6.07, 6.45) is 6.79. The van der Waals surface area contributed by atoms with Crippen LogP contribution in [-0.4, -0.2) is 26.0 Å². The minimum Gasteiger partial charge on any atom is -0.346 e. The van der Waals surface area contributed by atoms with E-state index in [4.69, 9.17) is 0 Å². The quantitative estimate of drug-likeness (QED) is 0.617. The molecule has 2 rings (SSSR count). The molecule has 1 aliphatic carbocycles. The van der Waals surface area contributed by atoms with E-state index in [1.165, 1.54) is 35.1 Å². The van der Waals surface area contributed by atoms with E-state index in [0.29, 0.717) is 11.8 Å². The fraction of sp³-hybridized carbons (Fsp3) is 0.571. The summed E-state index contributed by atoms with van der Waals surface area (Å²) in [4.78, 5) is 4.45. The molecule has 132 valence electrons. The first-order valence-electron chi connectivity index (χ1n) is 9.18. The maximum absolute atomic E-state index is 4.45. The molecule has 0 aromatic rings. The van der Waals surface area contributed by atoms with Gasteiger partial charge in [0, 0.05) is 18.8 Å². The topological polar surface area (TPSA) is 36.4 Å². The molecule has 0 amide bonds. The number of aliphatic imine (C=N–C) groups is 1. The lowest BCUT2D eigenvalue weighted by Gasteiger charge is -2.17. The molecule has 3 nitrogen and oxygen atoms in total. The lowest BCUT2D eigenvalue weighted by molar-refractivity contribution is 0.543. The Morgan fingerprint density at radius 3 is 2.62 bits per heavy atom. The first kappa shape index (κ1) is 18.7. The molecule has 0 radical (unpaired) electrons. The van der Waals surface area contributed by atoms with Gasteiger partial charge < -0.3 is 10.6 Å². The highest BCUT2D eigenvalue weighted by atomic mass is 15.0. The molecule has 2 N–H and O–H groups in total. The highest BCUT2D eigenvalue weighted by Crippen LogP contribution is 2.44. The third-order valence-electron chi connectivity index (χ3n) is 4.55. The minimum atomic E-state index is 0.682. The van der Waals surface area contributed by atoms with Gasteiger partial charge in [-0.05, 0) is 74.3 Å². The predicted octanol–water partition coefficient (Wildman–Crippen LogP) is 4.37. The molecule has 0 atom stereocenters. The second-order valence-corrected chi connectivity index (χ2v) is 7.43. The van der Waals surface area contributed by atoms with Crippen molar-refractivity contribution in [3.8, 4) is 0 Å². The van der Waals surface area contributed by atoms with Gasteiger partial charge in [0.15, 0.2) is 0 Å². The molecule has 1 heterocycles. The number of nitrogens with one attached hydrogen (secondary N) is 2. The molecule has 3 heteroatoms. The standard InChI is InChI=1S/C21H33N3/c1-14(2)12-23-11-7-8-16(5)19(15(3)4)20-18(17-9-10-17)13-24-21(20)22-6/h13-14,17,23H,3,5,7-12H2,1-2,4,6H3,(H,22,24)/b20-19+. The molecule has 0 saturated heterocycles. The van der Waals surface area contributed by atoms with Crippen LogP contribution < -0.4 is 10.6 Å². The van der Waals surface area contributed by atoms with E-state index in [-0.39, 0.29) is 0 Å². The molecule has 0 unspecified atom stereocenters. The normalized spacial score (nSPS) is 21.0. The third kappa shape index (κ3) is 4.70. The van der Waals surface area contributed by atoms with E-state index in [9.17, 15) is 0 Å². The maximum atomic E-state index is 4.45. The highest BCUT2D eigenvalue weighted by molar-refractivity contribution is 6.07. The van der Waals surface area contributed by atoms with Gasteiger partial charge in [-0.15, -0.1) is 0 Å². The van der Waals surface area contributed by atoms with Gasteiger partial charge in [0.2, 0.25) is 0 Å². The van der Waals surface area contributed by atoms with E-state index < -0.39 is 0 Å². The predicted molar refractivity (Wildman–Crippen MR) is 105 cm³/mol.